The molecule has 5 rings (SSSR count). The maximum Gasteiger partial charge on any atom is 0.306 e. The van der Waals surface area contributed by atoms with Gasteiger partial charge in [0.2, 0.25) is 5.88 Å². The van der Waals surface area contributed by atoms with Crippen molar-refractivity contribution in [1.82, 2.24) is 24.3 Å². The third-order valence-corrected chi connectivity index (χ3v) is 9.89. The first-order chi connectivity index (χ1) is 20.2. The van der Waals surface area contributed by atoms with Crippen molar-refractivity contribution >= 4 is 27.8 Å². The first kappa shape index (κ1) is 30.0. The summed E-state index contributed by atoms with van der Waals surface area (Å²) in [5.41, 5.74) is 6.58. The molecule has 2 aromatic heterocycles. The number of hydrogen-bond acceptors (Lipinski definition) is 9. The van der Waals surface area contributed by atoms with Gasteiger partial charge in [-0.2, -0.15) is 4.31 Å². The second kappa shape index (κ2) is 12.4. The molecule has 42 heavy (non-hydrogen) atoms. The Labute approximate surface area is 248 Å². The Hall–Kier alpha value is -3.51. The normalized spacial score (nSPS) is 18.1. The first-order valence-corrected chi connectivity index (χ1v) is 15.9. The number of hydrogen-bond donors (Lipinski definition) is 2. The molecule has 2 N–H and O–H groups in total. The van der Waals surface area contributed by atoms with E-state index in [9.17, 15) is 13.9 Å². The van der Waals surface area contributed by atoms with Crippen molar-refractivity contribution in [3.8, 4) is 5.88 Å². The van der Waals surface area contributed by atoms with Crippen LogP contribution in [0.2, 0.25) is 0 Å². The second-order valence-electron chi connectivity index (χ2n) is 10.6. The summed E-state index contributed by atoms with van der Waals surface area (Å²) in [5, 5.41) is 8.72. The van der Waals surface area contributed by atoms with Gasteiger partial charge in [0.1, 0.15) is 16.5 Å². The summed E-state index contributed by atoms with van der Waals surface area (Å²) in [4.78, 5) is 17.4. The van der Waals surface area contributed by atoms with Crippen LogP contribution in [0.1, 0.15) is 67.3 Å². The van der Waals surface area contributed by atoms with Crippen LogP contribution in [0.25, 0.3) is 11.0 Å². The predicted octanol–water partition coefficient (Wildman–Crippen LogP) is 6.25. The third kappa shape index (κ3) is 5.74. The van der Waals surface area contributed by atoms with E-state index in [1.807, 2.05) is 50.6 Å². The summed E-state index contributed by atoms with van der Waals surface area (Å²) in [6.07, 6.45) is 2.19. The number of esters is 1. The lowest BCUT2D eigenvalue weighted by atomic mass is 9.84. The molecule has 224 valence electrons. The molecule has 2 aromatic carbocycles. The maximum absolute atomic E-state index is 12.9. The zero-order valence-corrected chi connectivity index (χ0v) is 25.6. The largest absolute Gasteiger partial charge is 0.472 e. The van der Waals surface area contributed by atoms with E-state index in [0.29, 0.717) is 31.0 Å². The van der Waals surface area contributed by atoms with Crippen molar-refractivity contribution in [3.05, 3.63) is 76.5 Å². The van der Waals surface area contributed by atoms with E-state index in [1.165, 1.54) is 0 Å². The highest BCUT2D eigenvalue weighted by molar-refractivity contribution is 8.22. The third-order valence-electron chi connectivity index (χ3n) is 7.99. The molecule has 10 nitrogen and oxygen atoms in total. The molecular formula is C31H39N5O5S. The highest BCUT2D eigenvalue weighted by Gasteiger charge is 2.36. The molecule has 0 aliphatic carbocycles. The Morgan fingerprint density at radius 2 is 1.98 bits per heavy atom. The van der Waals surface area contributed by atoms with E-state index in [1.54, 1.807) is 29.6 Å². The molecule has 0 radical (unpaired) electrons. The summed E-state index contributed by atoms with van der Waals surface area (Å²) in [5.74, 6) is -0.312. The standard InChI is InChI=1S/C31H39N5O5S/c1-6-24-19-35(42(38,39)28-10-9-15-32-31(28)41-24)18-23-16-22(12-11-20(23)4)26(17-29(37)40-8-3)25-13-14-27-30(21(25)5)33-34-36(27)7-2/h9-16,24,26,38-39H,6-8,17-19H2,1-5H3/t24-,26?/m1/s1. The number of ether oxygens (including phenoxy) is 2. The Kier molecular flexibility index (Phi) is 8.84. The zero-order valence-electron chi connectivity index (χ0n) is 24.8. The van der Waals surface area contributed by atoms with E-state index < -0.39 is 10.8 Å². The van der Waals surface area contributed by atoms with E-state index in [2.05, 4.69) is 27.4 Å². The number of aryl methyl sites for hydroxylation is 3. The Morgan fingerprint density at radius 1 is 1.17 bits per heavy atom. The molecule has 0 spiro atoms. The van der Waals surface area contributed by atoms with Crippen LogP contribution in [-0.2, 0) is 22.6 Å². The van der Waals surface area contributed by atoms with Crippen LogP contribution >= 0.6 is 10.8 Å². The number of pyridine rings is 1. The molecule has 1 aliphatic rings. The maximum atomic E-state index is 12.9. The molecule has 0 saturated heterocycles. The van der Waals surface area contributed by atoms with Crippen molar-refractivity contribution in [2.45, 2.75) is 77.5 Å². The summed E-state index contributed by atoms with van der Waals surface area (Å²) in [6, 6.07) is 13.5. The Morgan fingerprint density at radius 3 is 2.71 bits per heavy atom. The lowest BCUT2D eigenvalue weighted by molar-refractivity contribution is -0.143. The zero-order chi connectivity index (χ0) is 30.0. The molecule has 0 fully saturated rings. The number of nitrogens with zero attached hydrogens (tertiary/aromatic N) is 5. The summed E-state index contributed by atoms with van der Waals surface area (Å²) in [6.45, 7) is 11.5. The smallest absolute Gasteiger partial charge is 0.306 e. The number of aromatic nitrogens is 4. The van der Waals surface area contributed by atoms with Gasteiger partial charge in [0.15, 0.2) is 0 Å². The molecule has 1 aliphatic heterocycles. The number of carbonyl (C=O) groups is 1. The van der Waals surface area contributed by atoms with Crippen molar-refractivity contribution in [2.75, 3.05) is 13.2 Å². The molecule has 0 amide bonds. The average Bonchev–Trinajstić information content (AvgIpc) is 3.37. The highest BCUT2D eigenvalue weighted by Crippen LogP contribution is 2.57. The van der Waals surface area contributed by atoms with Crippen LogP contribution in [0.5, 0.6) is 5.88 Å². The van der Waals surface area contributed by atoms with Crippen LogP contribution in [0.15, 0.2) is 53.6 Å². The fourth-order valence-corrected chi connectivity index (χ4v) is 7.13. The van der Waals surface area contributed by atoms with Crippen molar-refractivity contribution < 1.29 is 23.4 Å². The van der Waals surface area contributed by atoms with E-state index in [0.717, 1.165) is 38.9 Å². The second-order valence-corrected chi connectivity index (χ2v) is 12.6. The molecule has 1 unspecified atom stereocenters. The van der Waals surface area contributed by atoms with Crippen LogP contribution in [-0.4, -0.2) is 58.6 Å². The van der Waals surface area contributed by atoms with Gasteiger partial charge in [-0.1, -0.05) is 36.4 Å². The van der Waals surface area contributed by atoms with Gasteiger partial charge in [-0.3, -0.25) is 13.9 Å². The van der Waals surface area contributed by atoms with Gasteiger partial charge in [-0.15, -0.1) is 15.9 Å². The number of rotatable bonds is 9. The number of fused-ring (bicyclic) bond motifs is 2. The van der Waals surface area contributed by atoms with E-state index in [-0.39, 0.29) is 36.8 Å². The molecule has 2 atom stereocenters. The van der Waals surface area contributed by atoms with Crippen molar-refractivity contribution in [3.63, 3.8) is 0 Å². The fraction of sp³-hybridized carbons (Fsp3) is 0.419. The first-order valence-electron chi connectivity index (χ1n) is 14.4. The summed E-state index contributed by atoms with van der Waals surface area (Å²) in [7, 11) is -3.37. The van der Waals surface area contributed by atoms with Crippen LogP contribution in [0.3, 0.4) is 0 Å². The van der Waals surface area contributed by atoms with Gasteiger partial charge in [0.05, 0.1) is 25.1 Å². The van der Waals surface area contributed by atoms with Crippen LogP contribution in [0.4, 0.5) is 0 Å². The van der Waals surface area contributed by atoms with Gasteiger partial charge in [0.25, 0.3) is 0 Å². The van der Waals surface area contributed by atoms with Crippen LogP contribution < -0.4 is 4.74 Å². The molecule has 4 aromatic rings. The molecule has 3 heterocycles. The van der Waals surface area contributed by atoms with E-state index >= 15 is 0 Å². The van der Waals surface area contributed by atoms with Crippen LogP contribution in [0, 0.1) is 13.8 Å². The van der Waals surface area contributed by atoms with Crippen molar-refractivity contribution in [2.24, 2.45) is 0 Å². The molecular weight excluding hydrogens is 554 g/mol. The molecule has 11 heteroatoms. The Bertz CT molecular complexity index is 1590. The minimum Gasteiger partial charge on any atom is -0.472 e. The summed E-state index contributed by atoms with van der Waals surface area (Å²) >= 11 is 0. The fourth-order valence-electron chi connectivity index (χ4n) is 5.56. The average molecular weight is 594 g/mol. The van der Waals surface area contributed by atoms with Crippen molar-refractivity contribution in [1.29, 1.82) is 0 Å². The minimum absolute atomic E-state index is 0.161. The number of benzene rings is 2. The minimum atomic E-state index is -3.37. The lowest BCUT2D eigenvalue weighted by Gasteiger charge is -2.41. The highest BCUT2D eigenvalue weighted by atomic mass is 32.3. The predicted molar refractivity (Wildman–Crippen MR) is 163 cm³/mol. The van der Waals surface area contributed by atoms with Gasteiger partial charge >= 0.3 is 5.97 Å². The monoisotopic (exact) mass is 593 g/mol. The quantitative estimate of drug-likeness (QED) is 0.217. The number of carbonyl (C=O) groups excluding carboxylic acids is 1. The summed E-state index contributed by atoms with van der Waals surface area (Å²) < 4.78 is 38.0. The van der Waals surface area contributed by atoms with E-state index in [4.69, 9.17) is 9.47 Å². The van der Waals surface area contributed by atoms with Gasteiger partial charge < -0.3 is 9.47 Å². The molecule has 0 bridgehead atoms. The Balaban J connectivity index is 1.55. The van der Waals surface area contributed by atoms with Gasteiger partial charge in [0, 0.05) is 25.2 Å². The SMILES string of the molecule is CCOC(=O)CC(c1ccc(C)c(CN2C[C@@H](CC)Oc3ncccc3S2(O)O)c1)c1ccc2c(nnn2CC)c1C. The lowest BCUT2D eigenvalue weighted by Crippen LogP contribution is -2.34. The van der Waals surface area contributed by atoms with Gasteiger partial charge in [-0.05, 0) is 80.1 Å². The molecule has 0 saturated carbocycles. The van der Waals surface area contributed by atoms with Gasteiger partial charge in [-0.25, -0.2) is 9.67 Å². The topological polar surface area (TPSA) is 123 Å².